The van der Waals surface area contributed by atoms with Crippen LogP contribution in [-0.4, -0.2) is 12.5 Å². The van der Waals surface area contributed by atoms with Crippen molar-refractivity contribution in [1.29, 1.82) is 0 Å². The quantitative estimate of drug-likeness (QED) is 0.892. The second-order valence-electron chi connectivity index (χ2n) is 4.97. The first-order valence-corrected chi connectivity index (χ1v) is 6.88. The predicted octanol–water partition coefficient (Wildman–Crippen LogP) is 4.34. The molecule has 1 unspecified atom stereocenters. The number of aryl methyl sites for hydroxylation is 1. The van der Waals surface area contributed by atoms with Crippen molar-refractivity contribution < 1.29 is 18.3 Å². The van der Waals surface area contributed by atoms with E-state index in [0.717, 1.165) is 11.1 Å². The molecule has 0 radical (unpaired) electrons. The predicted molar refractivity (Wildman–Crippen MR) is 81.3 cm³/mol. The number of rotatable bonds is 5. The first-order chi connectivity index (χ1) is 10.5. The number of hydrogen-bond donors (Lipinski definition) is 1. The first-order valence-electron chi connectivity index (χ1n) is 6.88. The van der Waals surface area contributed by atoms with Gasteiger partial charge in [-0.2, -0.15) is 8.78 Å². The average Bonchev–Trinajstić information content (AvgIpc) is 2.48. The molecular formula is C17H17F2NO2. The van der Waals surface area contributed by atoms with E-state index >= 15 is 0 Å². The molecule has 0 aromatic heterocycles. The van der Waals surface area contributed by atoms with Crippen molar-refractivity contribution in [1.82, 2.24) is 0 Å². The zero-order valence-electron chi connectivity index (χ0n) is 12.3. The normalized spacial score (nSPS) is 12.0. The molecule has 22 heavy (non-hydrogen) atoms. The monoisotopic (exact) mass is 305 g/mol. The van der Waals surface area contributed by atoms with E-state index in [0.29, 0.717) is 5.69 Å². The number of halogens is 2. The minimum atomic E-state index is -2.86. The second-order valence-corrected chi connectivity index (χ2v) is 4.97. The number of carbonyl (C=O) groups is 1. The number of carbonyl (C=O) groups excluding carboxylic acids is 1. The van der Waals surface area contributed by atoms with Gasteiger partial charge >= 0.3 is 6.61 Å². The number of nitrogens with one attached hydrogen (secondary N) is 1. The Kier molecular flexibility index (Phi) is 5.09. The maximum Gasteiger partial charge on any atom is 0.387 e. The van der Waals surface area contributed by atoms with Crippen LogP contribution in [0.15, 0.2) is 48.5 Å². The SMILES string of the molecule is Cc1ccccc1C(C)C(=O)Nc1ccc(OC(F)F)cc1. The minimum Gasteiger partial charge on any atom is -0.435 e. The molecule has 0 spiro atoms. The maximum atomic E-state index is 12.3. The van der Waals surface area contributed by atoms with Crippen molar-refractivity contribution in [2.45, 2.75) is 26.4 Å². The summed E-state index contributed by atoms with van der Waals surface area (Å²) in [5, 5.41) is 2.77. The van der Waals surface area contributed by atoms with Crippen LogP contribution in [0.2, 0.25) is 0 Å². The van der Waals surface area contributed by atoms with Gasteiger partial charge in [-0.1, -0.05) is 24.3 Å². The Hall–Kier alpha value is -2.43. The van der Waals surface area contributed by atoms with E-state index in [2.05, 4.69) is 10.1 Å². The molecule has 5 heteroatoms. The third-order valence-corrected chi connectivity index (χ3v) is 3.40. The highest BCUT2D eigenvalue weighted by atomic mass is 19.3. The van der Waals surface area contributed by atoms with Crippen LogP contribution in [0.4, 0.5) is 14.5 Å². The summed E-state index contributed by atoms with van der Waals surface area (Å²) in [6.07, 6.45) is 0. The van der Waals surface area contributed by atoms with Gasteiger partial charge in [-0.05, 0) is 49.2 Å². The van der Waals surface area contributed by atoms with Gasteiger partial charge < -0.3 is 10.1 Å². The lowest BCUT2D eigenvalue weighted by Crippen LogP contribution is -2.19. The van der Waals surface area contributed by atoms with Crippen LogP contribution in [0.3, 0.4) is 0 Å². The smallest absolute Gasteiger partial charge is 0.387 e. The summed E-state index contributed by atoms with van der Waals surface area (Å²) in [6.45, 7) is 0.920. The maximum absolute atomic E-state index is 12.3. The molecule has 2 aromatic carbocycles. The van der Waals surface area contributed by atoms with E-state index < -0.39 is 6.61 Å². The number of alkyl halides is 2. The highest BCUT2D eigenvalue weighted by molar-refractivity contribution is 5.95. The molecule has 0 saturated heterocycles. The van der Waals surface area contributed by atoms with Gasteiger partial charge in [-0.25, -0.2) is 0 Å². The molecule has 116 valence electrons. The van der Waals surface area contributed by atoms with Gasteiger partial charge in [0.15, 0.2) is 0 Å². The standard InChI is InChI=1S/C17H17F2NO2/c1-11-5-3-4-6-15(11)12(2)16(21)20-13-7-9-14(10-8-13)22-17(18)19/h3-10,12,17H,1-2H3,(H,20,21). The molecule has 2 aromatic rings. The van der Waals surface area contributed by atoms with Gasteiger partial charge in [0.25, 0.3) is 0 Å². The number of hydrogen-bond acceptors (Lipinski definition) is 2. The van der Waals surface area contributed by atoms with Gasteiger partial charge in [0, 0.05) is 5.69 Å². The lowest BCUT2D eigenvalue weighted by Gasteiger charge is -2.15. The third-order valence-electron chi connectivity index (χ3n) is 3.40. The molecule has 1 N–H and O–H groups in total. The van der Waals surface area contributed by atoms with Crippen LogP contribution in [0, 0.1) is 6.92 Å². The van der Waals surface area contributed by atoms with Crippen LogP contribution in [0.1, 0.15) is 24.0 Å². The molecule has 3 nitrogen and oxygen atoms in total. The molecule has 0 saturated carbocycles. The van der Waals surface area contributed by atoms with Gasteiger partial charge in [0.05, 0.1) is 5.92 Å². The molecule has 2 rings (SSSR count). The summed E-state index contributed by atoms with van der Waals surface area (Å²) in [4.78, 5) is 12.3. The fourth-order valence-corrected chi connectivity index (χ4v) is 2.18. The molecule has 0 aliphatic heterocycles. The average molecular weight is 305 g/mol. The molecule has 1 amide bonds. The van der Waals surface area contributed by atoms with Crippen LogP contribution in [0.25, 0.3) is 0 Å². The Morgan fingerprint density at radius 1 is 1.09 bits per heavy atom. The lowest BCUT2D eigenvalue weighted by atomic mass is 9.96. The second kappa shape index (κ2) is 7.02. The summed E-state index contributed by atoms with van der Waals surface area (Å²) in [5.41, 5.74) is 2.54. The Balaban J connectivity index is 2.04. The third kappa shape index (κ3) is 4.04. The van der Waals surface area contributed by atoms with Crippen LogP contribution in [0.5, 0.6) is 5.75 Å². The Labute approximate surface area is 127 Å². The number of ether oxygens (including phenoxy) is 1. The van der Waals surface area contributed by atoms with Gasteiger partial charge in [0.2, 0.25) is 5.91 Å². The minimum absolute atomic E-state index is 0.0555. The Morgan fingerprint density at radius 3 is 2.32 bits per heavy atom. The van der Waals surface area contributed by atoms with Crippen molar-refractivity contribution in [3.05, 3.63) is 59.7 Å². The first kappa shape index (κ1) is 15.9. The summed E-state index contributed by atoms with van der Waals surface area (Å²) < 4.78 is 28.4. The van der Waals surface area contributed by atoms with Gasteiger partial charge in [-0.3, -0.25) is 4.79 Å². The number of benzene rings is 2. The molecular weight excluding hydrogens is 288 g/mol. The number of amides is 1. The Morgan fingerprint density at radius 2 is 1.73 bits per heavy atom. The van der Waals surface area contributed by atoms with Crippen molar-refractivity contribution in [2.24, 2.45) is 0 Å². The van der Waals surface area contributed by atoms with Crippen molar-refractivity contribution in [3.63, 3.8) is 0 Å². The summed E-state index contributed by atoms with van der Waals surface area (Å²) in [7, 11) is 0. The lowest BCUT2D eigenvalue weighted by molar-refractivity contribution is -0.117. The van der Waals surface area contributed by atoms with E-state index in [-0.39, 0.29) is 17.6 Å². The van der Waals surface area contributed by atoms with E-state index in [1.54, 1.807) is 0 Å². The topological polar surface area (TPSA) is 38.3 Å². The molecule has 1 atom stereocenters. The van der Waals surface area contributed by atoms with Crippen LogP contribution >= 0.6 is 0 Å². The molecule has 0 aliphatic rings. The van der Waals surface area contributed by atoms with Gasteiger partial charge in [0.1, 0.15) is 5.75 Å². The summed E-state index contributed by atoms with van der Waals surface area (Å²) in [5.74, 6) is -0.407. The Bertz CT molecular complexity index is 641. The fraction of sp³-hybridized carbons (Fsp3) is 0.235. The van der Waals surface area contributed by atoms with Crippen molar-refractivity contribution >= 4 is 11.6 Å². The van der Waals surface area contributed by atoms with Crippen molar-refractivity contribution in [2.75, 3.05) is 5.32 Å². The van der Waals surface area contributed by atoms with Gasteiger partial charge in [-0.15, -0.1) is 0 Å². The van der Waals surface area contributed by atoms with Crippen LogP contribution < -0.4 is 10.1 Å². The fourth-order valence-electron chi connectivity index (χ4n) is 2.18. The summed E-state index contributed by atoms with van der Waals surface area (Å²) >= 11 is 0. The molecule has 0 aliphatic carbocycles. The van der Waals surface area contributed by atoms with E-state index in [4.69, 9.17) is 0 Å². The molecule has 0 heterocycles. The van der Waals surface area contributed by atoms with E-state index in [1.807, 2.05) is 38.1 Å². The molecule has 0 fully saturated rings. The zero-order chi connectivity index (χ0) is 16.1. The zero-order valence-corrected chi connectivity index (χ0v) is 12.3. The molecule has 0 bridgehead atoms. The largest absolute Gasteiger partial charge is 0.435 e. The highest BCUT2D eigenvalue weighted by Gasteiger charge is 2.17. The van der Waals surface area contributed by atoms with Crippen molar-refractivity contribution in [3.8, 4) is 5.75 Å². The highest BCUT2D eigenvalue weighted by Crippen LogP contribution is 2.22. The van der Waals surface area contributed by atoms with E-state index in [9.17, 15) is 13.6 Å². The van der Waals surface area contributed by atoms with Crippen LogP contribution in [-0.2, 0) is 4.79 Å². The summed E-state index contributed by atoms with van der Waals surface area (Å²) in [6, 6.07) is 13.5. The number of anilines is 1. The van der Waals surface area contributed by atoms with E-state index in [1.165, 1.54) is 24.3 Å².